The van der Waals surface area contributed by atoms with Crippen molar-refractivity contribution in [1.29, 1.82) is 0 Å². The summed E-state index contributed by atoms with van der Waals surface area (Å²) in [6.07, 6.45) is -0.996. The summed E-state index contributed by atoms with van der Waals surface area (Å²) < 4.78 is 5.27. The summed E-state index contributed by atoms with van der Waals surface area (Å²) in [5, 5.41) is 23.8. The maximum Gasteiger partial charge on any atom is 0.269 e. The van der Waals surface area contributed by atoms with Crippen molar-refractivity contribution in [1.82, 2.24) is 5.32 Å². The number of carbonyl (C=O) groups excluding carboxylic acids is 1. The number of aliphatic hydroxyl groups is 1. The van der Waals surface area contributed by atoms with Crippen LogP contribution >= 0.6 is 23.2 Å². The van der Waals surface area contributed by atoms with Crippen LogP contribution in [0.15, 0.2) is 42.5 Å². The number of rotatable bonds is 7. The number of hydrogen-bond acceptors (Lipinski definition) is 5. The third kappa shape index (κ3) is 5.60. The van der Waals surface area contributed by atoms with Crippen molar-refractivity contribution in [2.45, 2.75) is 6.10 Å². The Morgan fingerprint density at radius 2 is 1.92 bits per heavy atom. The molecule has 2 rings (SSSR count). The van der Waals surface area contributed by atoms with Crippen LogP contribution in [0.1, 0.15) is 11.7 Å². The number of nitrogens with one attached hydrogen (secondary N) is 1. The summed E-state index contributed by atoms with van der Waals surface area (Å²) >= 11 is 11.7. The van der Waals surface area contributed by atoms with E-state index in [1.54, 1.807) is 12.1 Å². The molecule has 25 heavy (non-hydrogen) atoms. The van der Waals surface area contributed by atoms with Crippen LogP contribution in [0.3, 0.4) is 0 Å². The molecular weight excluding hydrogens is 371 g/mol. The molecule has 0 radical (unpaired) electrons. The highest BCUT2D eigenvalue weighted by atomic mass is 35.5. The summed E-state index contributed by atoms with van der Waals surface area (Å²) in [6, 6.07) is 10.0. The maximum atomic E-state index is 11.8. The molecule has 0 spiro atoms. The van der Waals surface area contributed by atoms with E-state index in [4.69, 9.17) is 27.9 Å². The highest BCUT2D eigenvalue weighted by Gasteiger charge is 2.12. The highest BCUT2D eigenvalue weighted by molar-refractivity contribution is 6.35. The Kier molecular flexibility index (Phi) is 6.58. The molecule has 0 bridgehead atoms. The molecule has 0 aliphatic rings. The van der Waals surface area contributed by atoms with E-state index in [-0.39, 0.29) is 23.9 Å². The zero-order valence-electron chi connectivity index (χ0n) is 12.8. The molecule has 2 N–H and O–H groups in total. The molecule has 0 aliphatic heterocycles. The second-order valence-electron chi connectivity index (χ2n) is 5.03. The zero-order valence-corrected chi connectivity index (χ0v) is 14.3. The van der Waals surface area contributed by atoms with E-state index in [1.165, 1.54) is 30.3 Å². The van der Waals surface area contributed by atoms with Crippen molar-refractivity contribution < 1.29 is 19.6 Å². The van der Waals surface area contributed by atoms with Gasteiger partial charge in [-0.2, -0.15) is 0 Å². The predicted octanol–water partition coefficient (Wildman–Crippen LogP) is 3.13. The first-order valence-corrected chi connectivity index (χ1v) is 7.89. The van der Waals surface area contributed by atoms with Crippen LogP contribution in [0.2, 0.25) is 10.0 Å². The minimum atomic E-state index is -0.996. The standard InChI is InChI=1S/C16H14Cl2N2O5/c17-11-3-6-15(13(18)7-11)25-9-16(22)19-8-14(21)10-1-4-12(5-2-10)20(23)24/h1-7,14,21H,8-9H2,(H,19,22)/t14-/m1/s1. The van der Waals surface area contributed by atoms with Gasteiger partial charge in [-0.15, -0.1) is 0 Å². The number of benzene rings is 2. The Morgan fingerprint density at radius 1 is 1.24 bits per heavy atom. The molecule has 0 unspecified atom stereocenters. The largest absolute Gasteiger partial charge is 0.482 e. The fourth-order valence-corrected chi connectivity index (χ4v) is 2.40. The number of hydrogen-bond donors (Lipinski definition) is 2. The Bertz CT molecular complexity index is 768. The van der Waals surface area contributed by atoms with Crippen molar-refractivity contribution >= 4 is 34.8 Å². The number of nitro groups is 1. The number of carbonyl (C=O) groups is 1. The average molecular weight is 385 g/mol. The Hall–Kier alpha value is -2.35. The second-order valence-corrected chi connectivity index (χ2v) is 5.88. The van der Waals surface area contributed by atoms with Gasteiger partial charge >= 0.3 is 0 Å². The van der Waals surface area contributed by atoms with Gasteiger partial charge in [0.25, 0.3) is 11.6 Å². The molecule has 1 atom stereocenters. The third-order valence-electron chi connectivity index (χ3n) is 3.23. The van der Waals surface area contributed by atoms with E-state index in [1.807, 2.05) is 0 Å². The molecule has 0 aliphatic carbocycles. The van der Waals surface area contributed by atoms with E-state index >= 15 is 0 Å². The lowest BCUT2D eigenvalue weighted by molar-refractivity contribution is -0.384. The highest BCUT2D eigenvalue weighted by Crippen LogP contribution is 2.27. The monoisotopic (exact) mass is 384 g/mol. The zero-order chi connectivity index (χ0) is 18.4. The molecule has 0 aromatic heterocycles. The first-order chi connectivity index (χ1) is 11.9. The van der Waals surface area contributed by atoms with Crippen molar-refractivity contribution in [3.8, 4) is 5.75 Å². The summed E-state index contributed by atoms with van der Waals surface area (Å²) in [6.45, 7) is -0.345. The van der Waals surface area contributed by atoms with Crippen molar-refractivity contribution in [3.05, 3.63) is 68.2 Å². The van der Waals surface area contributed by atoms with Gasteiger partial charge in [-0.25, -0.2) is 0 Å². The van der Waals surface area contributed by atoms with Crippen molar-refractivity contribution in [2.75, 3.05) is 13.2 Å². The van der Waals surface area contributed by atoms with Gasteiger partial charge < -0.3 is 15.2 Å². The number of amides is 1. The van der Waals surface area contributed by atoms with E-state index < -0.39 is 16.9 Å². The van der Waals surface area contributed by atoms with Crippen LogP contribution in [0.5, 0.6) is 5.75 Å². The van der Waals surface area contributed by atoms with Crippen LogP contribution < -0.4 is 10.1 Å². The number of nitro benzene ring substituents is 1. The molecule has 9 heteroatoms. The molecule has 0 saturated heterocycles. The molecule has 0 heterocycles. The Labute approximate surface area is 153 Å². The Morgan fingerprint density at radius 3 is 2.52 bits per heavy atom. The van der Waals surface area contributed by atoms with Crippen LogP contribution in [-0.4, -0.2) is 29.1 Å². The smallest absolute Gasteiger partial charge is 0.269 e. The SMILES string of the molecule is O=C(COc1ccc(Cl)cc1Cl)NC[C@@H](O)c1ccc([N+](=O)[O-])cc1. The van der Waals surface area contributed by atoms with Gasteiger partial charge in [0, 0.05) is 23.7 Å². The molecule has 2 aromatic rings. The summed E-state index contributed by atoms with van der Waals surface area (Å²) in [4.78, 5) is 21.8. The lowest BCUT2D eigenvalue weighted by atomic mass is 10.1. The van der Waals surface area contributed by atoms with Gasteiger partial charge in [0.2, 0.25) is 0 Å². The van der Waals surface area contributed by atoms with E-state index in [9.17, 15) is 20.0 Å². The van der Waals surface area contributed by atoms with Gasteiger partial charge in [-0.05, 0) is 35.9 Å². The van der Waals surface area contributed by atoms with Gasteiger partial charge in [0.15, 0.2) is 6.61 Å². The molecule has 0 saturated carbocycles. The van der Waals surface area contributed by atoms with Gasteiger partial charge in [0.05, 0.1) is 16.0 Å². The molecule has 2 aromatic carbocycles. The van der Waals surface area contributed by atoms with Crippen LogP contribution in [0.4, 0.5) is 5.69 Å². The van der Waals surface area contributed by atoms with Crippen LogP contribution in [0.25, 0.3) is 0 Å². The quantitative estimate of drug-likeness (QED) is 0.563. The molecule has 0 fully saturated rings. The number of halogens is 2. The van der Waals surface area contributed by atoms with Gasteiger partial charge in [0.1, 0.15) is 5.75 Å². The van der Waals surface area contributed by atoms with Crippen molar-refractivity contribution in [2.24, 2.45) is 0 Å². The van der Waals surface area contributed by atoms with E-state index in [0.717, 1.165) is 0 Å². The molecular formula is C16H14Cl2N2O5. The third-order valence-corrected chi connectivity index (χ3v) is 3.76. The molecule has 7 nitrogen and oxygen atoms in total. The van der Waals surface area contributed by atoms with Gasteiger partial charge in [-0.1, -0.05) is 23.2 Å². The maximum absolute atomic E-state index is 11.8. The number of nitrogens with zero attached hydrogens (tertiary/aromatic N) is 1. The fraction of sp³-hybridized carbons (Fsp3) is 0.188. The average Bonchev–Trinajstić information content (AvgIpc) is 2.59. The first-order valence-electron chi connectivity index (χ1n) is 7.14. The minimum Gasteiger partial charge on any atom is -0.482 e. The second kappa shape index (κ2) is 8.66. The number of ether oxygens (including phenoxy) is 1. The normalized spacial score (nSPS) is 11.6. The lowest BCUT2D eigenvalue weighted by Crippen LogP contribution is -2.32. The van der Waals surface area contributed by atoms with Crippen molar-refractivity contribution in [3.63, 3.8) is 0 Å². The summed E-state index contributed by atoms with van der Waals surface area (Å²) in [5.41, 5.74) is 0.376. The summed E-state index contributed by atoms with van der Waals surface area (Å²) in [7, 11) is 0. The predicted molar refractivity (Wildman–Crippen MR) is 93.0 cm³/mol. The lowest BCUT2D eigenvalue weighted by Gasteiger charge is -2.13. The Balaban J connectivity index is 1.81. The number of non-ortho nitro benzene ring substituents is 1. The van der Waals surface area contributed by atoms with Crippen LogP contribution in [0, 0.1) is 10.1 Å². The van der Waals surface area contributed by atoms with E-state index in [0.29, 0.717) is 16.3 Å². The fourth-order valence-electron chi connectivity index (χ4n) is 1.93. The topological polar surface area (TPSA) is 102 Å². The van der Waals surface area contributed by atoms with Gasteiger partial charge in [-0.3, -0.25) is 14.9 Å². The summed E-state index contributed by atoms with van der Waals surface area (Å²) in [5.74, 6) is -0.135. The van der Waals surface area contributed by atoms with E-state index in [2.05, 4.69) is 5.32 Å². The minimum absolute atomic E-state index is 0.0612. The number of aliphatic hydroxyl groups excluding tert-OH is 1. The first kappa shape index (κ1) is 19.0. The molecule has 1 amide bonds. The molecule has 132 valence electrons. The van der Waals surface area contributed by atoms with Crippen LogP contribution in [-0.2, 0) is 4.79 Å².